The van der Waals surface area contributed by atoms with Crippen LogP contribution in [-0.2, 0) is 21.1 Å². The number of nitrogens with zero attached hydrogens (tertiary/aromatic N) is 3. The number of nitrogens with one attached hydrogen (secondary N) is 1. The van der Waals surface area contributed by atoms with Crippen molar-refractivity contribution in [1.29, 1.82) is 5.26 Å². The van der Waals surface area contributed by atoms with Gasteiger partial charge in [-0.15, -0.1) is 11.3 Å². The van der Waals surface area contributed by atoms with Crippen LogP contribution >= 0.6 is 11.3 Å². The summed E-state index contributed by atoms with van der Waals surface area (Å²) in [4.78, 5) is 20.3. The molecule has 2 saturated carbocycles. The summed E-state index contributed by atoms with van der Waals surface area (Å²) >= 11 is 1.01. The average Bonchev–Trinajstić information content (AvgIpc) is 3.53. The van der Waals surface area contributed by atoms with E-state index in [0.29, 0.717) is 49.3 Å². The van der Waals surface area contributed by atoms with E-state index in [0.717, 1.165) is 35.4 Å². The Hall–Kier alpha value is -2.65. The van der Waals surface area contributed by atoms with Gasteiger partial charge in [-0.2, -0.15) is 18.4 Å². The number of benzene rings is 1. The smallest absolute Gasteiger partial charge is 0.369 e. The Morgan fingerprint density at radius 2 is 1.82 bits per heavy atom. The number of hydrogen-bond acceptors (Lipinski definition) is 7. The Labute approximate surface area is 224 Å². The van der Waals surface area contributed by atoms with Crippen molar-refractivity contribution < 1.29 is 26.4 Å². The number of halogens is 3. The van der Waals surface area contributed by atoms with Crippen molar-refractivity contribution >= 4 is 32.8 Å². The molecule has 3 aliphatic rings. The van der Waals surface area contributed by atoms with Gasteiger partial charge in [-0.05, 0) is 43.4 Å². The third-order valence-corrected chi connectivity index (χ3v) is 10.4. The number of amides is 1. The number of alkyl halides is 3. The highest BCUT2D eigenvalue weighted by atomic mass is 32.2. The van der Waals surface area contributed by atoms with Gasteiger partial charge in [0.05, 0.1) is 34.6 Å². The van der Waals surface area contributed by atoms with E-state index < -0.39 is 33.9 Å². The largest absolute Gasteiger partial charge is 0.395 e. The molecule has 1 aromatic carbocycles. The van der Waals surface area contributed by atoms with Crippen LogP contribution in [0, 0.1) is 17.2 Å². The monoisotopic (exact) mass is 566 g/mol. The molecule has 1 amide bonds. The third-order valence-electron chi connectivity index (χ3n) is 7.67. The normalized spacial score (nSPS) is 24.4. The highest BCUT2D eigenvalue weighted by Gasteiger charge is 2.47. The van der Waals surface area contributed by atoms with Gasteiger partial charge in [0.15, 0.2) is 9.84 Å². The van der Waals surface area contributed by atoms with Crippen LogP contribution in [0.4, 0.5) is 18.9 Å². The first-order valence-electron chi connectivity index (χ1n) is 12.8. The fourth-order valence-corrected chi connectivity index (χ4v) is 7.74. The van der Waals surface area contributed by atoms with E-state index in [-0.39, 0.29) is 28.3 Å². The molecule has 1 N–H and O–H groups in total. The molecule has 2 aromatic rings. The summed E-state index contributed by atoms with van der Waals surface area (Å²) < 4.78 is 63.4. The van der Waals surface area contributed by atoms with Gasteiger partial charge in [-0.3, -0.25) is 4.79 Å². The zero-order valence-electron chi connectivity index (χ0n) is 20.8. The number of carbonyl (C=O) groups excluding carboxylic acids is 1. The lowest BCUT2D eigenvalue weighted by Crippen LogP contribution is -2.42. The van der Waals surface area contributed by atoms with Gasteiger partial charge in [0.1, 0.15) is 10.5 Å². The van der Waals surface area contributed by atoms with E-state index in [2.05, 4.69) is 16.4 Å². The van der Waals surface area contributed by atoms with E-state index in [4.69, 9.17) is 0 Å². The number of anilines is 1. The minimum Gasteiger partial charge on any atom is -0.369 e. The molecule has 1 saturated heterocycles. The molecular weight excluding hydrogens is 537 g/mol. The van der Waals surface area contributed by atoms with Crippen LogP contribution in [0.3, 0.4) is 0 Å². The Morgan fingerprint density at radius 3 is 2.42 bits per heavy atom. The number of thiazole rings is 1. The standard InChI is InChI=1S/C26H29F3N4O3S2/c27-26(28,29)15-21-31-22(19-3-1-2-4-20(19)24(34)32-25(16-30)9-10-25)23(37-21)17-5-7-18(8-6-17)33-11-13-38(35,36)14-12-33/h5-8,19-20H,1-4,9-15H2,(H,32,34)/t19-,20-/m1/s1. The molecule has 0 spiro atoms. The Morgan fingerprint density at radius 1 is 1.16 bits per heavy atom. The molecule has 38 heavy (non-hydrogen) atoms. The van der Waals surface area contributed by atoms with Gasteiger partial charge in [0.2, 0.25) is 5.91 Å². The molecule has 2 atom stereocenters. The molecule has 2 aliphatic carbocycles. The van der Waals surface area contributed by atoms with Gasteiger partial charge >= 0.3 is 6.18 Å². The van der Waals surface area contributed by atoms with Crippen molar-refractivity contribution in [1.82, 2.24) is 10.3 Å². The number of nitriles is 1. The molecule has 2 heterocycles. The van der Waals surface area contributed by atoms with Crippen molar-refractivity contribution in [3.63, 3.8) is 0 Å². The molecule has 1 aromatic heterocycles. The van der Waals surface area contributed by atoms with Crippen molar-refractivity contribution in [3.8, 4) is 16.5 Å². The highest BCUT2D eigenvalue weighted by molar-refractivity contribution is 7.91. The maximum Gasteiger partial charge on any atom is 0.395 e. The molecule has 204 valence electrons. The van der Waals surface area contributed by atoms with Gasteiger partial charge in [-0.25, -0.2) is 13.4 Å². The second-order valence-electron chi connectivity index (χ2n) is 10.5. The molecule has 0 unspecified atom stereocenters. The van der Waals surface area contributed by atoms with Crippen molar-refractivity contribution in [2.24, 2.45) is 5.92 Å². The quantitative estimate of drug-likeness (QED) is 0.549. The lowest BCUT2D eigenvalue weighted by Gasteiger charge is -2.31. The van der Waals surface area contributed by atoms with Crippen LogP contribution in [0.2, 0.25) is 0 Å². The molecule has 5 rings (SSSR count). The van der Waals surface area contributed by atoms with Crippen LogP contribution in [0.15, 0.2) is 24.3 Å². The van der Waals surface area contributed by atoms with Gasteiger partial charge < -0.3 is 10.2 Å². The van der Waals surface area contributed by atoms with Gasteiger partial charge in [-0.1, -0.05) is 25.0 Å². The Balaban J connectivity index is 1.45. The van der Waals surface area contributed by atoms with E-state index in [1.54, 1.807) is 0 Å². The molecular formula is C26H29F3N4O3S2. The summed E-state index contributed by atoms with van der Waals surface area (Å²) in [5, 5.41) is 12.3. The number of hydrogen-bond donors (Lipinski definition) is 1. The second kappa shape index (κ2) is 10.2. The zero-order chi connectivity index (χ0) is 27.1. The van der Waals surface area contributed by atoms with Gasteiger partial charge in [0, 0.05) is 30.6 Å². The molecule has 0 bridgehead atoms. The second-order valence-corrected chi connectivity index (χ2v) is 13.9. The summed E-state index contributed by atoms with van der Waals surface area (Å²) in [6.45, 7) is 0.790. The van der Waals surface area contributed by atoms with E-state index in [1.807, 2.05) is 29.2 Å². The fourth-order valence-electron chi connectivity index (χ4n) is 5.37. The molecule has 7 nitrogen and oxygen atoms in total. The Kier molecular flexibility index (Phi) is 7.20. The summed E-state index contributed by atoms with van der Waals surface area (Å²) in [5.41, 5.74) is 1.29. The molecule has 3 fully saturated rings. The number of sulfone groups is 1. The molecule has 12 heteroatoms. The summed E-state index contributed by atoms with van der Waals surface area (Å²) in [5.74, 6) is -0.831. The maximum atomic E-state index is 13.3. The minimum atomic E-state index is -4.40. The van der Waals surface area contributed by atoms with Crippen molar-refractivity contribution in [2.45, 2.75) is 62.6 Å². The lowest BCUT2D eigenvalue weighted by atomic mass is 9.76. The zero-order valence-corrected chi connectivity index (χ0v) is 22.4. The molecule has 0 radical (unpaired) electrons. The first-order valence-corrected chi connectivity index (χ1v) is 15.5. The SMILES string of the molecule is N#CC1(NC(=O)[C@@H]2CCCC[C@H]2c2nc(CC(F)(F)F)sc2-c2ccc(N3CCS(=O)(=O)CC3)cc2)CC1. The van der Waals surface area contributed by atoms with E-state index in [1.165, 1.54) is 0 Å². The lowest BCUT2D eigenvalue weighted by molar-refractivity contribution is -0.128. The minimum absolute atomic E-state index is 0.0340. The third kappa shape index (κ3) is 5.99. The predicted octanol–water partition coefficient (Wildman–Crippen LogP) is 4.60. The van der Waals surface area contributed by atoms with Crippen LogP contribution < -0.4 is 10.2 Å². The topological polar surface area (TPSA) is 103 Å². The fraction of sp³-hybridized carbons (Fsp3) is 0.577. The first kappa shape index (κ1) is 26.9. The highest BCUT2D eigenvalue weighted by Crippen LogP contribution is 2.45. The van der Waals surface area contributed by atoms with Crippen LogP contribution in [0.5, 0.6) is 0 Å². The summed E-state index contributed by atoms with van der Waals surface area (Å²) in [7, 11) is -3.02. The van der Waals surface area contributed by atoms with Crippen LogP contribution in [0.25, 0.3) is 10.4 Å². The van der Waals surface area contributed by atoms with Crippen LogP contribution in [-0.4, -0.2) is 55.6 Å². The van der Waals surface area contributed by atoms with Crippen LogP contribution in [0.1, 0.15) is 55.1 Å². The summed E-state index contributed by atoms with van der Waals surface area (Å²) in [6.07, 6.45) is -1.39. The Bertz CT molecular complexity index is 1330. The summed E-state index contributed by atoms with van der Waals surface area (Å²) in [6, 6.07) is 9.55. The maximum absolute atomic E-state index is 13.3. The molecule has 1 aliphatic heterocycles. The van der Waals surface area contributed by atoms with Crippen molar-refractivity contribution in [3.05, 3.63) is 35.0 Å². The van der Waals surface area contributed by atoms with E-state index in [9.17, 15) is 31.6 Å². The first-order chi connectivity index (χ1) is 18.0. The van der Waals surface area contributed by atoms with E-state index >= 15 is 0 Å². The predicted molar refractivity (Wildman–Crippen MR) is 139 cm³/mol. The van der Waals surface area contributed by atoms with Gasteiger partial charge in [0.25, 0.3) is 0 Å². The number of carbonyl (C=O) groups is 1. The average molecular weight is 567 g/mol. The van der Waals surface area contributed by atoms with Crippen molar-refractivity contribution in [2.75, 3.05) is 29.5 Å². The number of aromatic nitrogens is 1. The number of rotatable bonds is 6.